The van der Waals surface area contributed by atoms with Gasteiger partial charge >= 0.3 is 0 Å². The average Bonchev–Trinajstić information content (AvgIpc) is 3.27. The van der Waals surface area contributed by atoms with Crippen molar-refractivity contribution in [2.75, 3.05) is 0 Å². The highest BCUT2D eigenvalue weighted by Crippen LogP contribution is 2.32. The van der Waals surface area contributed by atoms with Gasteiger partial charge in [0.2, 0.25) is 0 Å². The summed E-state index contributed by atoms with van der Waals surface area (Å²) in [5.41, 5.74) is 5.53. The predicted molar refractivity (Wildman–Crippen MR) is 107 cm³/mol. The van der Waals surface area contributed by atoms with E-state index >= 15 is 0 Å². The second kappa shape index (κ2) is 6.25. The largest absolute Gasteiger partial charge is 0.463 e. The second-order valence-corrected chi connectivity index (χ2v) is 7.00. The molecule has 3 heterocycles. The topological polar surface area (TPSA) is 51.0 Å². The molecule has 0 unspecified atom stereocenters. The molecule has 0 aliphatic carbocycles. The molecule has 1 aliphatic heterocycles. The van der Waals surface area contributed by atoms with Gasteiger partial charge in [0.25, 0.3) is 0 Å². The lowest BCUT2D eigenvalue weighted by Crippen LogP contribution is -2.06. The summed E-state index contributed by atoms with van der Waals surface area (Å²) in [5, 5.41) is 10.8. The van der Waals surface area contributed by atoms with Crippen molar-refractivity contribution in [3.8, 4) is 0 Å². The van der Waals surface area contributed by atoms with Crippen LogP contribution in [0.3, 0.4) is 0 Å². The zero-order valence-electron chi connectivity index (χ0n) is 14.6. The van der Waals surface area contributed by atoms with Crippen molar-refractivity contribution in [1.29, 1.82) is 0 Å². The highest BCUT2D eigenvalue weighted by Gasteiger charge is 2.26. The van der Waals surface area contributed by atoms with E-state index in [2.05, 4.69) is 23.2 Å². The Morgan fingerprint density at radius 2 is 1.85 bits per heavy atom. The standard InChI is InChI=1S/C22H15ClN2O2/c1-13-4-9-19-16(11-13)17-12-18(14-5-7-15(23)8-6-14)24-25-21(22(17)27-19)20-3-2-10-26-20/h2-11H,12H2,1H3. The molecule has 0 saturated carbocycles. The van der Waals surface area contributed by atoms with E-state index in [1.165, 1.54) is 5.56 Å². The normalized spacial score (nSPS) is 13.9. The maximum atomic E-state index is 6.18. The Bertz CT molecular complexity index is 1200. The summed E-state index contributed by atoms with van der Waals surface area (Å²) in [6, 6.07) is 17.5. The Hall–Kier alpha value is -3.11. The van der Waals surface area contributed by atoms with Crippen LogP contribution in [0.4, 0.5) is 0 Å². The molecule has 5 heteroatoms. The Morgan fingerprint density at radius 3 is 2.63 bits per heavy atom. The number of fused-ring (bicyclic) bond motifs is 3. The van der Waals surface area contributed by atoms with Crippen LogP contribution in [-0.4, -0.2) is 11.4 Å². The molecule has 0 N–H and O–H groups in total. The molecule has 0 bridgehead atoms. The van der Waals surface area contributed by atoms with Crippen molar-refractivity contribution < 1.29 is 8.83 Å². The molecule has 0 atom stereocenters. The Balaban J connectivity index is 1.75. The van der Waals surface area contributed by atoms with Crippen molar-refractivity contribution in [1.82, 2.24) is 0 Å². The highest BCUT2D eigenvalue weighted by molar-refractivity contribution is 6.30. The van der Waals surface area contributed by atoms with Gasteiger partial charge in [-0.05, 0) is 48.9 Å². The second-order valence-electron chi connectivity index (χ2n) is 6.57. The summed E-state index contributed by atoms with van der Waals surface area (Å²) < 4.78 is 11.8. The first-order valence-corrected chi connectivity index (χ1v) is 9.03. The Labute approximate surface area is 160 Å². The number of aryl methyl sites for hydroxylation is 1. The molecule has 0 amide bonds. The van der Waals surface area contributed by atoms with E-state index in [0.29, 0.717) is 28.7 Å². The maximum Gasteiger partial charge on any atom is 0.171 e. The molecule has 0 saturated heterocycles. The monoisotopic (exact) mass is 374 g/mol. The first-order valence-electron chi connectivity index (χ1n) is 8.66. The van der Waals surface area contributed by atoms with Gasteiger partial charge in [-0.2, -0.15) is 5.10 Å². The predicted octanol–water partition coefficient (Wildman–Crippen LogP) is 5.79. The SMILES string of the molecule is Cc1ccc2oc3c(c2c1)CC(c1ccc(Cl)cc1)=NN=C3c1ccco1. The molecule has 1 aliphatic rings. The van der Waals surface area contributed by atoms with Gasteiger partial charge in [-0.3, -0.25) is 0 Å². The van der Waals surface area contributed by atoms with Crippen LogP contribution in [0, 0.1) is 6.92 Å². The van der Waals surface area contributed by atoms with E-state index < -0.39 is 0 Å². The zero-order valence-corrected chi connectivity index (χ0v) is 15.3. The third kappa shape index (κ3) is 2.78. The van der Waals surface area contributed by atoms with Gasteiger partial charge in [0.15, 0.2) is 17.2 Å². The van der Waals surface area contributed by atoms with Crippen LogP contribution >= 0.6 is 11.6 Å². The van der Waals surface area contributed by atoms with Crippen molar-refractivity contribution in [3.63, 3.8) is 0 Å². The van der Waals surface area contributed by atoms with Gasteiger partial charge in [-0.1, -0.05) is 35.4 Å². The number of nitrogens with zero attached hydrogens (tertiary/aromatic N) is 2. The minimum Gasteiger partial charge on any atom is -0.463 e. The number of hydrogen-bond acceptors (Lipinski definition) is 4. The molecule has 0 spiro atoms. The first kappa shape index (κ1) is 16.1. The first-order chi connectivity index (χ1) is 13.2. The molecule has 0 fully saturated rings. The van der Waals surface area contributed by atoms with Crippen molar-refractivity contribution in [2.24, 2.45) is 10.2 Å². The van der Waals surface area contributed by atoms with E-state index in [-0.39, 0.29) is 0 Å². The molecule has 132 valence electrons. The zero-order chi connectivity index (χ0) is 18.4. The smallest absolute Gasteiger partial charge is 0.171 e. The minimum absolute atomic E-state index is 0.604. The average molecular weight is 375 g/mol. The van der Waals surface area contributed by atoms with E-state index in [4.69, 9.17) is 20.4 Å². The summed E-state index contributed by atoms with van der Waals surface area (Å²) in [4.78, 5) is 0. The number of furan rings is 2. The van der Waals surface area contributed by atoms with Crippen LogP contribution in [0.1, 0.15) is 28.2 Å². The van der Waals surface area contributed by atoms with Gasteiger partial charge < -0.3 is 8.83 Å². The van der Waals surface area contributed by atoms with E-state index in [9.17, 15) is 0 Å². The molecular weight excluding hydrogens is 360 g/mol. The third-order valence-electron chi connectivity index (χ3n) is 4.71. The summed E-state index contributed by atoms with van der Waals surface area (Å²) in [6.07, 6.45) is 2.24. The molecular formula is C22H15ClN2O2. The fourth-order valence-corrected chi connectivity index (χ4v) is 3.49. The van der Waals surface area contributed by atoms with Gasteiger partial charge in [0.1, 0.15) is 5.58 Å². The molecule has 5 rings (SSSR count). The number of hydrogen-bond donors (Lipinski definition) is 0. The van der Waals surface area contributed by atoms with Crippen LogP contribution < -0.4 is 0 Å². The van der Waals surface area contributed by atoms with Crippen molar-refractivity contribution in [3.05, 3.63) is 94.1 Å². The minimum atomic E-state index is 0.604. The molecule has 4 aromatic rings. The summed E-state index contributed by atoms with van der Waals surface area (Å²) >= 11 is 6.04. The molecule has 27 heavy (non-hydrogen) atoms. The number of rotatable bonds is 2. The van der Waals surface area contributed by atoms with E-state index in [1.807, 2.05) is 48.5 Å². The van der Waals surface area contributed by atoms with Crippen molar-refractivity contribution in [2.45, 2.75) is 13.3 Å². The molecule has 2 aromatic heterocycles. The fourth-order valence-electron chi connectivity index (χ4n) is 3.36. The number of benzene rings is 2. The molecule has 2 aromatic carbocycles. The van der Waals surface area contributed by atoms with Crippen LogP contribution in [0.2, 0.25) is 5.02 Å². The lowest BCUT2D eigenvalue weighted by atomic mass is 9.97. The summed E-state index contributed by atoms with van der Waals surface area (Å²) in [7, 11) is 0. The highest BCUT2D eigenvalue weighted by atomic mass is 35.5. The van der Waals surface area contributed by atoms with Gasteiger partial charge in [0, 0.05) is 22.4 Å². The summed E-state index contributed by atoms with van der Waals surface area (Å²) in [5.74, 6) is 1.34. The van der Waals surface area contributed by atoms with Crippen LogP contribution in [0.15, 0.2) is 79.9 Å². The van der Waals surface area contributed by atoms with E-state index in [1.54, 1.807) is 6.26 Å². The van der Waals surface area contributed by atoms with E-state index in [0.717, 1.165) is 27.8 Å². The van der Waals surface area contributed by atoms with Crippen LogP contribution in [0.25, 0.3) is 11.0 Å². The summed E-state index contributed by atoms with van der Waals surface area (Å²) in [6.45, 7) is 2.07. The van der Waals surface area contributed by atoms with Crippen LogP contribution in [-0.2, 0) is 6.42 Å². The Kier molecular flexibility index (Phi) is 3.73. The lowest BCUT2D eigenvalue weighted by Gasteiger charge is -2.04. The molecule has 0 radical (unpaired) electrons. The van der Waals surface area contributed by atoms with Gasteiger partial charge in [-0.25, -0.2) is 0 Å². The van der Waals surface area contributed by atoms with Crippen LogP contribution in [0.5, 0.6) is 0 Å². The lowest BCUT2D eigenvalue weighted by molar-refractivity contribution is 0.549. The fraction of sp³-hybridized carbons (Fsp3) is 0.0909. The van der Waals surface area contributed by atoms with Gasteiger partial charge in [0.05, 0.1) is 12.0 Å². The van der Waals surface area contributed by atoms with Crippen molar-refractivity contribution >= 4 is 34.0 Å². The number of halogens is 1. The maximum absolute atomic E-state index is 6.18. The van der Waals surface area contributed by atoms with Gasteiger partial charge in [-0.15, -0.1) is 5.10 Å². The molecule has 4 nitrogen and oxygen atoms in total. The third-order valence-corrected chi connectivity index (χ3v) is 4.96. The Morgan fingerprint density at radius 1 is 1.00 bits per heavy atom. The quantitative estimate of drug-likeness (QED) is 0.446.